The zero-order valence-electron chi connectivity index (χ0n) is 23.2. The number of ether oxygens (including phenoxy) is 4. The summed E-state index contributed by atoms with van der Waals surface area (Å²) < 4.78 is 65.6. The lowest BCUT2D eigenvalue weighted by molar-refractivity contribution is 0.0597. The van der Waals surface area contributed by atoms with Crippen LogP contribution in [-0.2, 0) is 21.5 Å². The summed E-state index contributed by atoms with van der Waals surface area (Å²) in [5, 5.41) is 0. The van der Waals surface area contributed by atoms with E-state index in [-0.39, 0.29) is 40.7 Å². The molecule has 0 radical (unpaired) electrons. The van der Waals surface area contributed by atoms with Crippen molar-refractivity contribution in [1.29, 1.82) is 0 Å². The second-order valence-electron chi connectivity index (χ2n) is 9.13. The van der Waals surface area contributed by atoms with Crippen molar-refractivity contribution in [2.24, 2.45) is 0 Å². The van der Waals surface area contributed by atoms with E-state index in [4.69, 9.17) is 23.1 Å². The van der Waals surface area contributed by atoms with Crippen molar-refractivity contribution in [2.75, 3.05) is 27.6 Å². The van der Waals surface area contributed by atoms with Gasteiger partial charge in [-0.15, -0.1) is 0 Å². The zero-order valence-corrected chi connectivity index (χ0v) is 24.0. The maximum atomic E-state index is 13.6. The molecule has 0 bridgehead atoms. The summed E-state index contributed by atoms with van der Waals surface area (Å²) in [5.74, 6) is -0.657. The highest BCUT2D eigenvalue weighted by Crippen LogP contribution is 2.47. The molecule has 4 aromatic carbocycles. The molecule has 0 spiro atoms. The summed E-state index contributed by atoms with van der Waals surface area (Å²) in [4.78, 5) is 13.2. The quantitative estimate of drug-likeness (QED) is 0.162. The standard InChI is InChI=1S/C31H29FO8S/c1-19-6-8-20(9-7-19)18-39-25-15-12-22(16-26(25)40-41(5,34)35)28-27(36-2)17-24(21-10-13-23(32)14-11-21)30(37-3)29(28)31(33)38-4/h6-17H,18H2,1-5H3. The summed E-state index contributed by atoms with van der Waals surface area (Å²) in [6.07, 6.45) is 0.921. The van der Waals surface area contributed by atoms with Crippen molar-refractivity contribution in [3.8, 4) is 45.3 Å². The molecule has 0 aliphatic rings. The second kappa shape index (κ2) is 12.3. The van der Waals surface area contributed by atoms with E-state index in [9.17, 15) is 17.6 Å². The van der Waals surface area contributed by atoms with E-state index >= 15 is 0 Å². The van der Waals surface area contributed by atoms with Crippen LogP contribution in [-0.4, -0.2) is 42.0 Å². The molecule has 41 heavy (non-hydrogen) atoms. The molecule has 214 valence electrons. The third kappa shape index (κ3) is 6.78. The lowest BCUT2D eigenvalue weighted by Gasteiger charge is -2.21. The normalized spacial score (nSPS) is 11.1. The maximum Gasteiger partial charge on any atom is 0.342 e. The average molecular weight is 581 g/mol. The molecule has 0 aliphatic heterocycles. The smallest absolute Gasteiger partial charge is 0.342 e. The minimum absolute atomic E-state index is 0.0207. The fourth-order valence-corrected chi connectivity index (χ4v) is 4.75. The monoisotopic (exact) mass is 580 g/mol. The Morgan fingerprint density at radius 1 is 0.805 bits per heavy atom. The van der Waals surface area contributed by atoms with Gasteiger partial charge in [-0.05, 0) is 53.9 Å². The third-order valence-corrected chi connectivity index (χ3v) is 6.68. The number of halogens is 1. The minimum Gasteiger partial charge on any atom is -0.496 e. The van der Waals surface area contributed by atoms with E-state index < -0.39 is 21.9 Å². The minimum atomic E-state index is -3.95. The van der Waals surface area contributed by atoms with Crippen LogP contribution >= 0.6 is 0 Å². The molecule has 4 aromatic rings. The zero-order chi connectivity index (χ0) is 29.7. The first-order chi connectivity index (χ1) is 19.5. The number of hydrogen-bond acceptors (Lipinski definition) is 8. The van der Waals surface area contributed by atoms with Crippen molar-refractivity contribution >= 4 is 16.1 Å². The number of aryl methyl sites for hydroxylation is 1. The summed E-state index contributed by atoms with van der Waals surface area (Å²) in [7, 11) is 0.0922. The number of esters is 1. The summed E-state index contributed by atoms with van der Waals surface area (Å²) in [6, 6.07) is 19.6. The number of carbonyl (C=O) groups is 1. The van der Waals surface area contributed by atoms with Gasteiger partial charge in [0.05, 0.1) is 27.6 Å². The Balaban J connectivity index is 1.90. The molecule has 0 atom stereocenters. The van der Waals surface area contributed by atoms with Crippen LogP contribution in [0.2, 0.25) is 0 Å². The Kier molecular flexibility index (Phi) is 8.83. The summed E-state index contributed by atoms with van der Waals surface area (Å²) in [6.45, 7) is 2.14. The molecule has 0 N–H and O–H groups in total. The third-order valence-electron chi connectivity index (χ3n) is 6.20. The van der Waals surface area contributed by atoms with E-state index in [1.54, 1.807) is 30.3 Å². The van der Waals surface area contributed by atoms with Crippen molar-refractivity contribution in [3.63, 3.8) is 0 Å². The summed E-state index contributed by atoms with van der Waals surface area (Å²) in [5.41, 5.74) is 3.65. The van der Waals surface area contributed by atoms with Gasteiger partial charge in [0.1, 0.15) is 29.5 Å². The van der Waals surface area contributed by atoms with Gasteiger partial charge in [-0.25, -0.2) is 9.18 Å². The van der Waals surface area contributed by atoms with Gasteiger partial charge in [0.15, 0.2) is 11.5 Å². The van der Waals surface area contributed by atoms with Crippen LogP contribution in [0.1, 0.15) is 21.5 Å². The second-order valence-corrected chi connectivity index (χ2v) is 10.7. The van der Waals surface area contributed by atoms with Crippen LogP contribution < -0.4 is 18.4 Å². The van der Waals surface area contributed by atoms with Gasteiger partial charge in [-0.3, -0.25) is 0 Å². The lowest BCUT2D eigenvalue weighted by Crippen LogP contribution is -2.10. The fourth-order valence-electron chi connectivity index (χ4n) is 4.30. The van der Waals surface area contributed by atoms with E-state index in [1.165, 1.54) is 39.5 Å². The molecule has 0 fully saturated rings. The van der Waals surface area contributed by atoms with Gasteiger partial charge in [-0.1, -0.05) is 48.0 Å². The number of rotatable bonds is 10. The molecule has 0 saturated carbocycles. The van der Waals surface area contributed by atoms with Gasteiger partial charge in [-0.2, -0.15) is 8.42 Å². The molecule has 0 unspecified atom stereocenters. The van der Waals surface area contributed by atoms with Gasteiger partial charge >= 0.3 is 16.1 Å². The Hall–Kier alpha value is -4.57. The van der Waals surface area contributed by atoms with Crippen LogP contribution in [0.4, 0.5) is 4.39 Å². The van der Waals surface area contributed by atoms with Gasteiger partial charge in [0.2, 0.25) is 0 Å². The fraction of sp³-hybridized carbons (Fsp3) is 0.194. The first-order valence-corrected chi connectivity index (χ1v) is 14.2. The molecule has 8 nitrogen and oxygen atoms in total. The van der Waals surface area contributed by atoms with E-state index in [0.717, 1.165) is 17.4 Å². The molecule has 0 saturated heterocycles. The Morgan fingerprint density at radius 2 is 1.46 bits per heavy atom. The molecular weight excluding hydrogens is 551 g/mol. The van der Waals surface area contributed by atoms with Crippen molar-refractivity contribution < 1.29 is 40.7 Å². The van der Waals surface area contributed by atoms with Crippen LogP contribution in [0.25, 0.3) is 22.3 Å². The van der Waals surface area contributed by atoms with E-state index in [2.05, 4.69) is 0 Å². The van der Waals surface area contributed by atoms with Crippen LogP contribution in [0.15, 0.2) is 72.8 Å². The van der Waals surface area contributed by atoms with E-state index in [1.807, 2.05) is 31.2 Å². The van der Waals surface area contributed by atoms with Gasteiger partial charge in [0, 0.05) is 11.1 Å². The molecule has 0 aliphatic carbocycles. The van der Waals surface area contributed by atoms with Crippen LogP contribution in [0, 0.1) is 12.7 Å². The predicted octanol–water partition coefficient (Wildman–Crippen LogP) is 6.19. The van der Waals surface area contributed by atoms with Crippen LogP contribution in [0.3, 0.4) is 0 Å². The summed E-state index contributed by atoms with van der Waals surface area (Å²) >= 11 is 0. The number of hydrogen-bond donors (Lipinski definition) is 0. The highest BCUT2D eigenvalue weighted by Gasteiger charge is 2.28. The van der Waals surface area contributed by atoms with Crippen molar-refractivity contribution in [1.82, 2.24) is 0 Å². The van der Waals surface area contributed by atoms with E-state index in [0.29, 0.717) is 16.7 Å². The predicted molar refractivity (Wildman–Crippen MR) is 153 cm³/mol. The SMILES string of the molecule is COC(=O)c1c(OC)c(-c2ccc(F)cc2)cc(OC)c1-c1ccc(OCc2ccc(C)cc2)c(OS(C)(=O)=O)c1. The highest BCUT2D eigenvalue weighted by atomic mass is 32.2. The molecule has 4 rings (SSSR count). The highest BCUT2D eigenvalue weighted by molar-refractivity contribution is 7.86. The lowest BCUT2D eigenvalue weighted by atomic mass is 9.92. The molecule has 0 amide bonds. The van der Waals surface area contributed by atoms with Crippen molar-refractivity contribution in [2.45, 2.75) is 13.5 Å². The first-order valence-electron chi connectivity index (χ1n) is 12.4. The number of carbonyl (C=O) groups excluding carboxylic acids is 1. The molecule has 10 heteroatoms. The molecular formula is C31H29FO8S. The average Bonchev–Trinajstić information content (AvgIpc) is 2.95. The van der Waals surface area contributed by atoms with Crippen LogP contribution in [0.5, 0.6) is 23.0 Å². The number of methoxy groups -OCH3 is 3. The van der Waals surface area contributed by atoms with Gasteiger partial charge in [0.25, 0.3) is 0 Å². The Morgan fingerprint density at radius 3 is 2.05 bits per heavy atom. The topological polar surface area (TPSA) is 97.4 Å². The first kappa shape index (κ1) is 29.4. The maximum absolute atomic E-state index is 13.6. The Labute approximate surface area is 238 Å². The molecule has 0 heterocycles. The molecule has 0 aromatic heterocycles. The van der Waals surface area contributed by atoms with Gasteiger partial charge < -0.3 is 23.1 Å². The van der Waals surface area contributed by atoms with Crippen molar-refractivity contribution in [3.05, 3.63) is 95.3 Å². The largest absolute Gasteiger partial charge is 0.496 e. The Bertz CT molecular complexity index is 1660. The number of benzene rings is 4.